The molecule has 0 amide bonds. The van der Waals surface area contributed by atoms with E-state index < -0.39 is 0 Å². The molecule has 0 atom stereocenters. The molecule has 2 rings (SSSR count). The summed E-state index contributed by atoms with van der Waals surface area (Å²) in [6, 6.07) is 3.59. The number of ether oxygens (including phenoxy) is 1. The number of aromatic nitrogens is 2. The summed E-state index contributed by atoms with van der Waals surface area (Å²) < 4.78 is 5.97. The second-order valence-corrected chi connectivity index (χ2v) is 5.00. The van der Waals surface area contributed by atoms with Crippen LogP contribution in [0.2, 0.25) is 10.0 Å². The topological polar surface area (TPSA) is 37.9 Å². The lowest BCUT2D eigenvalue weighted by Gasteiger charge is -2.08. The van der Waals surface area contributed by atoms with Gasteiger partial charge in [-0.3, -0.25) is 5.10 Å². The summed E-state index contributed by atoms with van der Waals surface area (Å²) in [5.41, 5.74) is 2.42. The monoisotopic (exact) mass is 334 g/mol. The van der Waals surface area contributed by atoms with Gasteiger partial charge in [0.05, 0.1) is 16.6 Å². The smallest absolute Gasteiger partial charge is 0.139 e. The van der Waals surface area contributed by atoms with Gasteiger partial charge in [0.25, 0.3) is 0 Å². The van der Waals surface area contributed by atoms with Gasteiger partial charge in [-0.2, -0.15) is 5.10 Å². The standard InChI is InChI=1S/C11H9BrCl2N2O/c1-5-8(12)11(16-15-5)6-3-4-7(17-2)10(14)9(6)13/h3-4H,1-2H3,(H,15,16). The molecule has 0 saturated heterocycles. The third-order valence-corrected chi connectivity index (χ3v) is 4.23. The maximum Gasteiger partial charge on any atom is 0.139 e. The fourth-order valence-corrected chi connectivity index (χ4v) is 2.34. The van der Waals surface area contributed by atoms with Crippen molar-refractivity contribution in [3.8, 4) is 17.0 Å². The van der Waals surface area contributed by atoms with Crippen LogP contribution < -0.4 is 4.74 Å². The van der Waals surface area contributed by atoms with Gasteiger partial charge < -0.3 is 4.74 Å². The highest BCUT2D eigenvalue weighted by Crippen LogP contribution is 2.41. The molecule has 6 heteroatoms. The van der Waals surface area contributed by atoms with E-state index >= 15 is 0 Å². The molecule has 1 N–H and O–H groups in total. The molecule has 1 heterocycles. The van der Waals surface area contributed by atoms with Crippen molar-refractivity contribution in [3.05, 3.63) is 32.3 Å². The normalized spacial score (nSPS) is 10.6. The Labute approximate surface area is 117 Å². The molecule has 90 valence electrons. The second-order valence-electron chi connectivity index (χ2n) is 3.45. The Bertz CT molecular complexity index is 569. The summed E-state index contributed by atoms with van der Waals surface area (Å²) in [7, 11) is 1.55. The molecule has 0 bridgehead atoms. The maximum absolute atomic E-state index is 6.21. The highest BCUT2D eigenvalue weighted by molar-refractivity contribution is 9.10. The van der Waals surface area contributed by atoms with E-state index in [-0.39, 0.29) is 0 Å². The lowest BCUT2D eigenvalue weighted by molar-refractivity contribution is 0.415. The van der Waals surface area contributed by atoms with Crippen molar-refractivity contribution in [3.63, 3.8) is 0 Å². The van der Waals surface area contributed by atoms with Gasteiger partial charge >= 0.3 is 0 Å². The Morgan fingerprint density at radius 3 is 2.53 bits per heavy atom. The number of aromatic amines is 1. The van der Waals surface area contributed by atoms with Crippen molar-refractivity contribution in [2.24, 2.45) is 0 Å². The van der Waals surface area contributed by atoms with E-state index in [1.54, 1.807) is 13.2 Å². The average molecular weight is 336 g/mol. The summed E-state index contributed by atoms with van der Waals surface area (Å²) in [6.45, 7) is 1.92. The van der Waals surface area contributed by atoms with Gasteiger partial charge in [0.15, 0.2) is 0 Å². The molecule has 0 aliphatic carbocycles. The third kappa shape index (κ3) is 2.17. The number of nitrogens with one attached hydrogen (secondary N) is 1. The van der Waals surface area contributed by atoms with Crippen LogP contribution >= 0.6 is 39.1 Å². The summed E-state index contributed by atoms with van der Waals surface area (Å²) in [4.78, 5) is 0. The van der Waals surface area contributed by atoms with Crippen molar-refractivity contribution in [1.82, 2.24) is 10.2 Å². The van der Waals surface area contributed by atoms with Crippen LogP contribution in [0.3, 0.4) is 0 Å². The summed E-state index contributed by atoms with van der Waals surface area (Å²) >= 11 is 15.8. The van der Waals surface area contributed by atoms with E-state index in [2.05, 4.69) is 26.1 Å². The van der Waals surface area contributed by atoms with E-state index in [0.29, 0.717) is 15.8 Å². The zero-order chi connectivity index (χ0) is 12.6. The average Bonchev–Trinajstić information content (AvgIpc) is 2.64. The van der Waals surface area contributed by atoms with Crippen LogP contribution in [0.25, 0.3) is 11.3 Å². The highest BCUT2D eigenvalue weighted by Gasteiger charge is 2.17. The first kappa shape index (κ1) is 12.7. The predicted molar refractivity (Wildman–Crippen MR) is 73.0 cm³/mol. The van der Waals surface area contributed by atoms with Crippen LogP contribution in [0.5, 0.6) is 5.75 Å². The van der Waals surface area contributed by atoms with Crippen molar-refractivity contribution >= 4 is 39.1 Å². The molecule has 0 fully saturated rings. The van der Waals surface area contributed by atoms with E-state index in [9.17, 15) is 0 Å². The minimum atomic E-state index is 0.388. The molecule has 0 spiro atoms. The lowest BCUT2D eigenvalue weighted by Crippen LogP contribution is -1.88. The first-order chi connectivity index (χ1) is 8.06. The van der Waals surface area contributed by atoms with Gasteiger partial charge in [0.2, 0.25) is 0 Å². The van der Waals surface area contributed by atoms with E-state index in [1.807, 2.05) is 13.0 Å². The lowest BCUT2D eigenvalue weighted by atomic mass is 10.1. The Kier molecular flexibility index (Phi) is 3.66. The minimum absolute atomic E-state index is 0.388. The van der Waals surface area contributed by atoms with Crippen LogP contribution in [-0.2, 0) is 0 Å². The van der Waals surface area contributed by atoms with Crippen LogP contribution in [-0.4, -0.2) is 17.3 Å². The summed E-state index contributed by atoms with van der Waals surface area (Å²) in [5, 5.41) is 7.89. The fraction of sp³-hybridized carbons (Fsp3) is 0.182. The van der Waals surface area contributed by atoms with Gasteiger partial charge in [-0.1, -0.05) is 23.2 Å². The first-order valence-corrected chi connectivity index (χ1v) is 6.34. The number of nitrogens with zero attached hydrogens (tertiary/aromatic N) is 1. The number of hydrogen-bond acceptors (Lipinski definition) is 2. The molecule has 17 heavy (non-hydrogen) atoms. The highest BCUT2D eigenvalue weighted by atomic mass is 79.9. The molecule has 0 saturated carbocycles. The Morgan fingerprint density at radius 2 is 2.00 bits per heavy atom. The number of benzene rings is 1. The number of halogens is 3. The predicted octanol–water partition coefficient (Wildman–Crippen LogP) is 4.46. The van der Waals surface area contributed by atoms with Crippen LogP contribution in [0.1, 0.15) is 5.69 Å². The molecule has 0 unspecified atom stereocenters. The molecular formula is C11H9BrCl2N2O. The van der Waals surface area contributed by atoms with Crippen LogP contribution in [0, 0.1) is 6.92 Å². The van der Waals surface area contributed by atoms with Crippen molar-refractivity contribution in [2.45, 2.75) is 6.92 Å². The van der Waals surface area contributed by atoms with Crippen molar-refractivity contribution in [2.75, 3.05) is 7.11 Å². The number of methoxy groups -OCH3 is 1. The molecule has 1 aromatic heterocycles. The van der Waals surface area contributed by atoms with E-state index in [0.717, 1.165) is 21.4 Å². The SMILES string of the molecule is COc1ccc(-c2n[nH]c(C)c2Br)c(Cl)c1Cl. The summed E-state index contributed by atoms with van der Waals surface area (Å²) in [5.74, 6) is 0.545. The molecular weight excluding hydrogens is 327 g/mol. The largest absolute Gasteiger partial charge is 0.495 e. The van der Waals surface area contributed by atoms with Gasteiger partial charge in [0, 0.05) is 11.3 Å². The number of rotatable bonds is 2. The van der Waals surface area contributed by atoms with E-state index in [4.69, 9.17) is 27.9 Å². The van der Waals surface area contributed by atoms with Gasteiger partial charge in [-0.05, 0) is 35.0 Å². The summed E-state index contributed by atoms with van der Waals surface area (Å²) in [6.07, 6.45) is 0. The quantitative estimate of drug-likeness (QED) is 0.879. The molecule has 2 aromatic rings. The molecule has 0 radical (unpaired) electrons. The van der Waals surface area contributed by atoms with Gasteiger partial charge in [-0.15, -0.1) is 0 Å². The second kappa shape index (κ2) is 4.88. The van der Waals surface area contributed by atoms with Crippen molar-refractivity contribution in [1.29, 1.82) is 0 Å². The maximum atomic E-state index is 6.21. The molecule has 3 nitrogen and oxygen atoms in total. The Hall–Kier alpha value is -0.710. The zero-order valence-corrected chi connectivity index (χ0v) is 12.2. The Balaban J connectivity index is 2.61. The fourth-order valence-electron chi connectivity index (χ4n) is 1.47. The number of H-pyrrole nitrogens is 1. The van der Waals surface area contributed by atoms with Gasteiger partial charge in [-0.25, -0.2) is 0 Å². The Morgan fingerprint density at radius 1 is 1.29 bits per heavy atom. The van der Waals surface area contributed by atoms with Crippen LogP contribution in [0.15, 0.2) is 16.6 Å². The van der Waals surface area contributed by atoms with Gasteiger partial charge in [0.1, 0.15) is 16.5 Å². The van der Waals surface area contributed by atoms with E-state index in [1.165, 1.54) is 0 Å². The third-order valence-electron chi connectivity index (χ3n) is 2.39. The molecule has 0 aliphatic heterocycles. The molecule has 1 aromatic carbocycles. The zero-order valence-electron chi connectivity index (χ0n) is 9.14. The number of aryl methyl sites for hydroxylation is 1. The first-order valence-electron chi connectivity index (χ1n) is 4.79. The minimum Gasteiger partial charge on any atom is -0.495 e. The van der Waals surface area contributed by atoms with Crippen molar-refractivity contribution < 1.29 is 4.74 Å². The molecule has 0 aliphatic rings. The van der Waals surface area contributed by atoms with Crippen LogP contribution in [0.4, 0.5) is 0 Å². The number of hydrogen-bond donors (Lipinski definition) is 1.